The van der Waals surface area contributed by atoms with Crippen molar-refractivity contribution in [3.05, 3.63) is 28.2 Å². The maximum atomic E-state index is 14.8. The van der Waals surface area contributed by atoms with Crippen LogP contribution in [0.3, 0.4) is 0 Å². The maximum Gasteiger partial charge on any atom is 0.248 e. The standard InChI is InChI=1S/C17H19ClFN3O2/c1-9-5-12-11(7-22(9)14(24)8-23)10-6-13(21-3-2-4-21)15(18)16(19)17(10)20-12/h6,9,20,23H,2-5,7-8H2,1H3/t9-/m1/s1. The van der Waals surface area contributed by atoms with Gasteiger partial charge in [-0.05, 0) is 19.4 Å². The van der Waals surface area contributed by atoms with Crippen LogP contribution in [-0.4, -0.2) is 46.6 Å². The molecule has 0 radical (unpaired) electrons. The molecule has 0 unspecified atom stereocenters. The van der Waals surface area contributed by atoms with Gasteiger partial charge in [-0.25, -0.2) is 4.39 Å². The highest BCUT2D eigenvalue weighted by atomic mass is 35.5. The Kier molecular flexibility index (Phi) is 3.69. The second-order valence-corrected chi connectivity index (χ2v) is 6.98. The number of anilines is 1. The molecule has 7 heteroatoms. The molecular formula is C17H19ClFN3O2. The number of amides is 1. The summed E-state index contributed by atoms with van der Waals surface area (Å²) in [5.74, 6) is -0.738. The number of fused-ring (bicyclic) bond motifs is 3. The Morgan fingerprint density at radius 2 is 2.25 bits per heavy atom. The molecule has 1 amide bonds. The van der Waals surface area contributed by atoms with E-state index in [0.29, 0.717) is 24.2 Å². The molecule has 1 aromatic heterocycles. The number of aliphatic hydroxyl groups is 1. The molecule has 0 spiro atoms. The first-order valence-corrected chi connectivity index (χ1v) is 8.55. The third-order valence-electron chi connectivity index (χ3n) is 5.17. The van der Waals surface area contributed by atoms with Crippen molar-refractivity contribution in [3.63, 3.8) is 0 Å². The molecule has 4 rings (SSSR count). The summed E-state index contributed by atoms with van der Waals surface area (Å²) in [4.78, 5) is 18.8. The molecule has 2 aliphatic rings. The molecule has 1 aromatic carbocycles. The van der Waals surface area contributed by atoms with Crippen LogP contribution in [0.5, 0.6) is 0 Å². The zero-order chi connectivity index (χ0) is 17.0. The van der Waals surface area contributed by atoms with E-state index < -0.39 is 12.4 Å². The first-order valence-electron chi connectivity index (χ1n) is 8.18. The molecule has 1 atom stereocenters. The number of carbonyl (C=O) groups is 1. The Morgan fingerprint density at radius 1 is 1.50 bits per heavy atom. The Bertz CT molecular complexity index is 831. The molecule has 0 aliphatic carbocycles. The normalized spacial score (nSPS) is 20.2. The van der Waals surface area contributed by atoms with E-state index in [9.17, 15) is 14.3 Å². The highest BCUT2D eigenvalue weighted by Crippen LogP contribution is 2.40. The SMILES string of the molecule is C[C@@H]1Cc2[nH]c3c(F)c(Cl)c(N4CCC4)cc3c2CN1C(=O)CO. The molecule has 24 heavy (non-hydrogen) atoms. The van der Waals surface area contributed by atoms with E-state index in [4.69, 9.17) is 11.6 Å². The maximum absolute atomic E-state index is 14.8. The molecule has 1 saturated heterocycles. The summed E-state index contributed by atoms with van der Waals surface area (Å²) >= 11 is 6.24. The minimum absolute atomic E-state index is 0.0430. The molecule has 2 aromatic rings. The van der Waals surface area contributed by atoms with E-state index in [1.165, 1.54) is 0 Å². The Balaban J connectivity index is 1.85. The zero-order valence-corrected chi connectivity index (χ0v) is 14.2. The number of carbonyl (C=O) groups excluding carboxylic acids is 1. The number of rotatable bonds is 2. The highest BCUT2D eigenvalue weighted by molar-refractivity contribution is 6.34. The van der Waals surface area contributed by atoms with Crippen LogP contribution in [0.1, 0.15) is 24.6 Å². The Labute approximate surface area is 144 Å². The van der Waals surface area contributed by atoms with Crippen LogP contribution in [0.25, 0.3) is 10.9 Å². The molecule has 1 fully saturated rings. The van der Waals surface area contributed by atoms with Gasteiger partial charge < -0.3 is 19.9 Å². The van der Waals surface area contributed by atoms with Gasteiger partial charge in [0.1, 0.15) is 11.6 Å². The van der Waals surface area contributed by atoms with Crippen molar-refractivity contribution >= 4 is 34.1 Å². The van der Waals surface area contributed by atoms with Gasteiger partial charge >= 0.3 is 0 Å². The van der Waals surface area contributed by atoms with Gasteiger partial charge in [-0.2, -0.15) is 0 Å². The van der Waals surface area contributed by atoms with Crippen molar-refractivity contribution in [2.75, 3.05) is 24.6 Å². The van der Waals surface area contributed by atoms with Crippen molar-refractivity contribution in [2.45, 2.75) is 32.4 Å². The summed E-state index contributed by atoms with van der Waals surface area (Å²) in [6.07, 6.45) is 1.68. The predicted molar refractivity (Wildman–Crippen MR) is 90.9 cm³/mol. The third-order valence-corrected chi connectivity index (χ3v) is 5.52. The smallest absolute Gasteiger partial charge is 0.248 e. The number of aliphatic hydroxyl groups excluding tert-OH is 1. The number of nitrogens with zero attached hydrogens (tertiary/aromatic N) is 2. The van der Waals surface area contributed by atoms with E-state index in [1.54, 1.807) is 4.90 Å². The van der Waals surface area contributed by atoms with Gasteiger partial charge in [0.15, 0.2) is 5.82 Å². The largest absolute Gasteiger partial charge is 0.387 e. The van der Waals surface area contributed by atoms with Crippen LogP contribution < -0.4 is 4.90 Å². The molecule has 2 aliphatic heterocycles. The summed E-state index contributed by atoms with van der Waals surface area (Å²) in [6.45, 7) is 3.54. The van der Waals surface area contributed by atoms with Crippen molar-refractivity contribution in [3.8, 4) is 0 Å². The Morgan fingerprint density at radius 3 is 2.88 bits per heavy atom. The molecule has 3 heterocycles. The number of aromatic nitrogens is 1. The summed E-state index contributed by atoms with van der Waals surface area (Å²) < 4.78 is 14.8. The minimum atomic E-state index is -0.513. The van der Waals surface area contributed by atoms with Gasteiger partial charge in [0.2, 0.25) is 5.91 Å². The van der Waals surface area contributed by atoms with Gasteiger partial charge in [0.25, 0.3) is 0 Å². The quantitative estimate of drug-likeness (QED) is 0.873. The van der Waals surface area contributed by atoms with Gasteiger partial charge in [0.05, 0.1) is 11.2 Å². The van der Waals surface area contributed by atoms with Crippen LogP contribution in [0.4, 0.5) is 10.1 Å². The molecule has 128 valence electrons. The van der Waals surface area contributed by atoms with E-state index >= 15 is 0 Å². The minimum Gasteiger partial charge on any atom is -0.387 e. The van der Waals surface area contributed by atoms with Crippen molar-refractivity contribution in [1.82, 2.24) is 9.88 Å². The lowest BCUT2D eigenvalue weighted by atomic mass is 9.98. The number of halogens is 2. The zero-order valence-electron chi connectivity index (χ0n) is 13.4. The van der Waals surface area contributed by atoms with Gasteiger partial charge in [-0.1, -0.05) is 11.6 Å². The summed E-state index contributed by atoms with van der Waals surface area (Å²) in [6, 6.07) is 1.88. The third kappa shape index (κ3) is 2.20. The first kappa shape index (κ1) is 15.7. The second kappa shape index (κ2) is 5.63. The second-order valence-electron chi connectivity index (χ2n) is 6.60. The van der Waals surface area contributed by atoms with E-state index in [0.717, 1.165) is 36.2 Å². The lowest BCUT2D eigenvalue weighted by Crippen LogP contribution is -2.43. The fourth-order valence-electron chi connectivity index (χ4n) is 3.66. The number of hydrogen-bond donors (Lipinski definition) is 2. The van der Waals surface area contributed by atoms with Crippen molar-refractivity contribution in [1.29, 1.82) is 0 Å². The average molecular weight is 352 g/mol. The number of hydrogen-bond acceptors (Lipinski definition) is 3. The molecule has 0 bridgehead atoms. The fraction of sp³-hybridized carbons (Fsp3) is 0.471. The van der Waals surface area contributed by atoms with Crippen LogP contribution >= 0.6 is 11.6 Å². The topological polar surface area (TPSA) is 59.6 Å². The summed E-state index contributed by atoms with van der Waals surface area (Å²) in [7, 11) is 0. The highest BCUT2D eigenvalue weighted by Gasteiger charge is 2.31. The number of H-pyrrole nitrogens is 1. The Hall–Kier alpha value is -1.79. The first-order chi connectivity index (χ1) is 11.5. The van der Waals surface area contributed by atoms with Crippen molar-refractivity contribution < 1.29 is 14.3 Å². The molecule has 2 N–H and O–H groups in total. The van der Waals surface area contributed by atoms with Crippen LogP contribution in [0.15, 0.2) is 6.07 Å². The number of benzene rings is 1. The predicted octanol–water partition coefficient (Wildman–Crippen LogP) is 2.44. The summed E-state index contributed by atoms with van der Waals surface area (Å²) in [5, 5.41) is 10.1. The van der Waals surface area contributed by atoms with Gasteiger partial charge in [0, 0.05) is 48.7 Å². The van der Waals surface area contributed by atoms with Crippen LogP contribution in [0.2, 0.25) is 5.02 Å². The van der Waals surface area contributed by atoms with E-state index in [1.807, 2.05) is 13.0 Å². The number of aromatic amines is 1. The molecule has 0 saturated carbocycles. The van der Waals surface area contributed by atoms with E-state index in [2.05, 4.69) is 9.88 Å². The monoisotopic (exact) mass is 351 g/mol. The average Bonchev–Trinajstić information content (AvgIpc) is 2.86. The molecule has 5 nitrogen and oxygen atoms in total. The van der Waals surface area contributed by atoms with E-state index in [-0.39, 0.29) is 17.0 Å². The fourth-order valence-corrected chi connectivity index (χ4v) is 3.93. The molecular weight excluding hydrogens is 333 g/mol. The number of nitrogens with one attached hydrogen (secondary N) is 1. The van der Waals surface area contributed by atoms with Gasteiger partial charge in [-0.3, -0.25) is 4.79 Å². The lowest BCUT2D eigenvalue weighted by molar-refractivity contribution is -0.137. The van der Waals surface area contributed by atoms with Gasteiger partial charge in [-0.15, -0.1) is 0 Å². The van der Waals surface area contributed by atoms with Crippen LogP contribution in [0, 0.1) is 5.82 Å². The van der Waals surface area contributed by atoms with Crippen molar-refractivity contribution in [2.24, 2.45) is 0 Å². The van der Waals surface area contributed by atoms with Crippen LogP contribution in [-0.2, 0) is 17.8 Å². The lowest BCUT2D eigenvalue weighted by Gasteiger charge is -2.34. The summed E-state index contributed by atoms with van der Waals surface area (Å²) in [5.41, 5.74) is 2.98.